The van der Waals surface area contributed by atoms with Crippen molar-refractivity contribution < 1.29 is 24.2 Å². The average Bonchev–Trinajstić information content (AvgIpc) is 3.31. The summed E-state index contributed by atoms with van der Waals surface area (Å²) in [6.07, 6.45) is 0. The molecule has 9 heteroatoms. The first-order valence-electron chi connectivity index (χ1n) is 10.5. The highest BCUT2D eigenvalue weighted by Crippen LogP contribution is 2.44. The zero-order valence-corrected chi connectivity index (χ0v) is 21.1. The van der Waals surface area contributed by atoms with E-state index in [1.54, 1.807) is 50.2 Å². The average molecular weight is 541 g/mol. The Kier molecular flexibility index (Phi) is 6.67. The van der Waals surface area contributed by atoms with E-state index >= 15 is 0 Å². The quantitative estimate of drug-likeness (QED) is 0.203. The normalized spacial score (nSPS) is 17.3. The number of Topliss-reactive ketones (excluding diaryl/α,β-unsaturated/α-hetero) is 1. The maximum Gasteiger partial charge on any atom is 0.350 e. The number of anilines is 1. The molecule has 0 radical (unpaired) electrons. The van der Waals surface area contributed by atoms with Gasteiger partial charge in [0.25, 0.3) is 5.78 Å². The summed E-state index contributed by atoms with van der Waals surface area (Å²) in [6, 6.07) is 13.2. The molecule has 174 valence electrons. The second-order valence-corrected chi connectivity index (χ2v) is 9.61. The van der Waals surface area contributed by atoms with Crippen LogP contribution in [-0.2, 0) is 14.3 Å². The van der Waals surface area contributed by atoms with Gasteiger partial charge in [-0.3, -0.25) is 14.5 Å². The van der Waals surface area contributed by atoms with E-state index in [4.69, 9.17) is 4.74 Å². The van der Waals surface area contributed by atoms with Gasteiger partial charge in [0.05, 0.1) is 23.9 Å². The van der Waals surface area contributed by atoms with Crippen molar-refractivity contribution >= 4 is 55.8 Å². The lowest BCUT2D eigenvalue weighted by atomic mass is 9.95. The second-order valence-electron chi connectivity index (χ2n) is 7.72. The van der Waals surface area contributed by atoms with Crippen molar-refractivity contribution in [3.8, 4) is 0 Å². The molecule has 2 heterocycles. The van der Waals surface area contributed by atoms with Crippen molar-refractivity contribution in [3.05, 3.63) is 85.8 Å². The second kappa shape index (κ2) is 9.52. The van der Waals surface area contributed by atoms with Gasteiger partial charge in [0.2, 0.25) is 0 Å². The minimum absolute atomic E-state index is 0.0401. The van der Waals surface area contributed by atoms with E-state index in [0.29, 0.717) is 16.8 Å². The predicted molar refractivity (Wildman–Crippen MR) is 133 cm³/mol. The summed E-state index contributed by atoms with van der Waals surface area (Å²) in [5.41, 5.74) is 2.39. The summed E-state index contributed by atoms with van der Waals surface area (Å²) < 4.78 is 5.91. The molecule has 4 rings (SSSR count). The summed E-state index contributed by atoms with van der Waals surface area (Å²) in [6.45, 7) is 5.46. The standard InChI is InChI=1S/C25H21BrN2O5S/c1-4-33-24(32)22-14(3)27-25(34-22)28-19(15-9-11-17(26)12-10-15)18(21(30)23(28)31)20(29)16-7-5-13(2)6-8-16/h5-12,19,29H,4H2,1-3H3/t19-/m0/s1. The molecule has 0 saturated carbocycles. The van der Waals surface area contributed by atoms with Crippen molar-refractivity contribution in [2.24, 2.45) is 0 Å². The molecule has 1 fully saturated rings. The van der Waals surface area contributed by atoms with Crippen molar-refractivity contribution in [2.75, 3.05) is 11.5 Å². The summed E-state index contributed by atoms with van der Waals surface area (Å²) in [4.78, 5) is 44.7. The number of aliphatic hydroxyl groups excluding tert-OH is 1. The van der Waals surface area contributed by atoms with Crippen molar-refractivity contribution in [1.82, 2.24) is 4.98 Å². The van der Waals surface area contributed by atoms with E-state index in [-0.39, 0.29) is 27.9 Å². The molecule has 1 aromatic heterocycles. The van der Waals surface area contributed by atoms with E-state index in [9.17, 15) is 19.5 Å². The van der Waals surface area contributed by atoms with Crippen LogP contribution in [0.15, 0.2) is 58.6 Å². The molecule has 1 amide bonds. The fourth-order valence-electron chi connectivity index (χ4n) is 3.73. The van der Waals surface area contributed by atoms with Gasteiger partial charge in [0.1, 0.15) is 10.6 Å². The number of benzene rings is 2. The molecule has 0 spiro atoms. The molecular weight excluding hydrogens is 520 g/mol. The molecule has 1 aliphatic heterocycles. The minimum atomic E-state index is -0.921. The topological polar surface area (TPSA) is 96.8 Å². The maximum absolute atomic E-state index is 13.2. The van der Waals surface area contributed by atoms with Gasteiger partial charge in [-0.15, -0.1) is 0 Å². The highest BCUT2D eigenvalue weighted by atomic mass is 79.9. The molecule has 7 nitrogen and oxygen atoms in total. The Balaban J connectivity index is 1.90. The maximum atomic E-state index is 13.2. The summed E-state index contributed by atoms with van der Waals surface area (Å²) in [5.74, 6) is -2.46. The number of ether oxygens (including phenoxy) is 1. The minimum Gasteiger partial charge on any atom is -0.507 e. The van der Waals surface area contributed by atoms with Gasteiger partial charge in [-0.25, -0.2) is 9.78 Å². The van der Waals surface area contributed by atoms with E-state index in [1.165, 1.54) is 4.90 Å². The Morgan fingerprint density at radius 1 is 1.12 bits per heavy atom. The molecule has 0 unspecified atom stereocenters. The van der Waals surface area contributed by atoms with Crippen molar-refractivity contribution in [1.29, 1.82) is 0 Å². The number of hydrogen-bond donors (Lipinski definition) is 1. The summed E-state index contributed by atoms with van der Waals surface area (Å²) >= 11 is 4.38. The number of aromatic nitrogens is 1. The monoisotopic (exact) mass is 540 g/mol. The molecule has 3 aromatic rings. The van der Waals surface area contributed by atoms with E-state index in [0.717, 1.165) is 21.4 Å². The van der Waals surface area contributed by atoms with Crippen LogP contribution in [0, 0.1) is 13.8 Å². The van der Waals surface area contributed by atoms with Crippen LogP contribution >= 0.6 is 27.3 Å². The van der Waals surface area contributed by atoms with Crippen LogP contribution in [0.5, 0.6) is 0 Å². The molecule has 34 heavy (non-hydrogen) atoms. The third-order valence-corrected chi connectivity index (χ3v) is 7.07. The molecule has 0 bridgehead atoms. The van der Waals surface area contributed by atoms with Crippen LogP contribution in [0.2, 0.25) is 0 Å². The fraction of sp³-hybridized carbons (Fsp3) is 0.200. The zero-order chi connectivity index (χ0) is 24.6. The number of hydrogen-bond acceptors (Lipinski definition) is 7. The predicted octanol–water partition coefficient (Wildman–Crippen LogP) is 5.33. The van der Waals surface area contributed by atoms with Gasteiger partial charge >= 0.3 is 11.9 Å². The van der Waals surface area contributed by atoms with Gasteiger partial charge in [-0.1, -0.05) is 69.2 Å². The SMILES string of the molecule is CCOC(=O)c1sc(N2C(=O)C(=O)C(=C(O)c3ccc(C)cc3)[C@@H]2c2ccc(Br)cc2)nc1C. The summed E-state index contributed by atoms with van der Waals surface area (Å²) in [5, 5.41) is 11.3. The number of amides is 1. The van der Waals surface area contributed by atoms with Gasteiger partial charge in [0.15, 0.2) is 5.13 Å². The molecule has 1 aliphatic rings. The van der Waals surface area contributed by atoms with Gasteiger partial charge in [0, 0.05) is 10.0 Å². The molecule has 1 saturated heterocycles. The number of aliphatic hydroxyl groups is 1. The Hall–Kier alpha value is -3.30. The number of rotatable bonds is 5. The Labute approximate surface area is 208 Å². The third kappa shape index (κ3) is 4.28. The molecular formula is C25H21BrN2O5S. The lowest BCUT2D eigenvalue weighted by Gasteiger charge is -2.23. The van der Waals surface area contributed by atoms with Gasteiger partial charge in [-0.2, -0.15) is 0 Å². The first-order valence-corrected chi connectivity index (χ1v) is 12.1. The Morgan fingerprint density at radius 3 is 2.38 bits per heavy atom. The number of nitrogens with zero attached hydrogens (tertiary/aromatic N) is 2. The lowest BCUT2D eigenvalue weighted by Crippen LogP contribution is -2.29. The number of thiazole rings is 1. The summed E-state index contributed by atoms with van der Waals surface area (Å²) in [7, 11) is 0. The van der Waals surface area contributed by atoms with Crippen LogP contribution in [0.3, 0.4) is 0 Å². The number of ketones is 1. The number of halogens is 1. The Morgan fingerprint density at radius 2 is 1.76 bits per heavy atom. The van der Waals surface area contributed by atoms with E-state index in [2.05, 4.69) is 20.9 Å². The molecule has 1 atom stereocenters. The van der Waals surface area contributed by atoms with Gasteiger partial charge in [-0.05, 0) is 38.5 Å². The molecule has 1 N–H and O–H groups in total. The first-order chi connectivity index (χ1) is 16.2. The molecule has 0 aliphatic carbocycles. The fourth-order valence-corrected chi connectivity index (χ4v) is 4.98. The Bertz CT molecular complexity index is 1310. The lowest BCUT2D eigenvalue weighted by molar-refractivity contribution is -0.132. The number of carbonyl (C=O) groups excluding carboxylic acids is 3. The van der Waals surface area contributed by atoms with Crippen LogP contribution in [0.25, 0.3) is 5.76 Å². The van der Waals surface area contributed by atoms with E-state index in [1.807, 2.05) is 19.1 Å². The van der Waals surface area contributed by atoms with Gasteiger partial charge < -0.3 is 9.84 Å². The van der Waals surface area contributed by atoms with Crippen molar-refractivity contribution in [2.45, 2.75) is 26.8 Å². The molecule has 2 aromatic carbocycles. The van der Waals surface area contributed by atoms with Crippen LogP contribution in [0.4, 0.5) is 5.13 Å². The highest BCUT2D eigenvalue weighted by molar-refractivity contribution is 9.10. The number of aryl methyl sites for hydroxylation is 2. The zero-order valence-electron chi connectivity index (χ0n) is 18.7. The van der Waals surface area contributed by atoms with Crippen LogP contribution in [0.1, 0.15) is 45.0 Å². The smallest absolute Gasteiger partial charge is 0.350 e. The number of esters is 1. The van der Waals surface area contributed by atoms with E-state index < -0.39 is 23.7 Å². The van der Waals surface area contributed by atoms with Crippen LogP contribution in [-0.4, -0.2) is 34.4 Å². The number of carbonyl (C=O) groups is 3. The van der Waals surface area contributed by atoms with Crippen LogP contribution < -0.4 is 4.90 Å². The first kappa shape index (κ1) is 23.8. The largest absolute Gasteiger partial charge is 0.507 e. The third-order valence-electron chi connectivity index (χ3n) is 5.41. The van der Waals surface area contributed by atoms with Crippen molar-refractivity contribution in [3.63, 3.8) is 0 Å². The highest BCUT2D eigenvalue weighted by Gasteiger charge is 2.48.